The standard InChI is InChI=1S/C21H16ClN3O3S/c1-25-15-5-3-2-4-13(15)18(22)19(25)20(26)24-21-23-14(11-29-21)12-6-7-16-17(10-12)28-9-8-27-16/h2-7,10-11H,8-9H2,1H3,(H,23,24,26). The van der Waals surface area contributed by atoms with Crippen LogP contribution in [0.5, 0.6) is 11.5 Å². The topological polar surface area (TPSA) is 65.4 Å². The maximum absolute atomic E-state index is 12.9. The van der Waals surface area contributed by atoms with Gasteiger partial charge in [0.05, 0.1) is 10.7 Å². The number of aromatic nitrogens is 2. The second kappa shape index (κ2) is 7.09. The third-order valence-electron chi connectivity index (χ3n) is 4.82. The molecule has 146 valence electrons. The maximum atomic E-state index is 12.9. The van der Waals surface area contributed by atoms with Gasteiger partial charge in [0.15, 0.2) is 16.6 Å². The number of hydrogen-bond acceptors (Lipinski definition) is 5. The summed E-state index contributed by atoms with van der Waals surface area (Å²) >= 11 is 7.82. The second-order valence-electron chi connectivity index (χ2n) is 6.59. The lowest BCUT2D eigenvalue weighted by Gasteiger charge is -2.18. The van der Waals surface area contributed by atoms with E-state index < -0.39 is 0 Å². The van der Waals surface area contributed by atoms with Crippen LogP contribution in [-0.2, 0) is 7.05 Å². The van der Waals surface area contributed by atoms with Gasteiger partial charge in [-0.05, 0) is 24.3 Å². The summed E-state index contributed by atoms with van der Waals surface area (Å²) in [5.74, 6) is 1.14. The molecule has 0 spiro atoms. The fourth-order valence-corrected chi connectivity index (χ4v) is 4.51. The predicted molar refractivity (Wildman–Crippen MR) is 114 cm³/mol. The molecule has 0 fully saturated rings. The molecule has 3 heterocycles. The lowest BCUT2D eigenvalue weighted by atomic mass is 10.1. The van der Waals surface area contributed by atoms with Gasteiger partial charge in [0.25, 0.3) is 5.91 Å². The number of nitrogens with zero attached hydrogens (tertiary/aromatic N) is 2. The summed E-state index contributed by atoms with van der Waals surface area (Å²) in [5, 5.41) is 6.53. The van der Waals surface area contributed by atoms with Crippen molar-refractivity contribution < 1.29 is 14.3 Å². The van der Waals surface area contributed by atoms with Crippen LogP contribution in [0.1, 0.15) is 10.5 Å². The Balaban J connectivity index is 1.41. The first kappa shape index (κ1) is 18.0. The molecule has 1 aliphatic rings. The Bertz CT molecular complexity index is 1210. The van der Waals surface area contributed by atoms with Crippen molar-refractivity contribution >= 4 is 44.9 Å². The van der Waals surface area contributed by atoms with E-state index in [2.05, 4.69) is 10.3 Å². The number of para-hydroxylation sites is 1. The Hall–Kier alpha value is -3.03. The van der Waals surface area contributed by atoms with Crippen LogP contribution in [0.2, 0.25) is 5.02 Å². The molecule has 5 rings (SSSR count). The van der Waals surface area contributed by atoms with Crippen LogP contribution in [0.15, 0.2) is 47.8 Å². The van der Waals surface area contributed by atoms with E-state index >= 15 is 0 Å². The molecule has 0 aliphatic carbocycles. The van der Waals surface area contributed by atoms with Gasteiger partial charge in [-0.2, -0.15) is 0 Å². The third-order valence-corrected chi connectivity index (χ3v) is 5.96. The van der Waals surface area contributed by atoms with E-state index in [1.807, 2.05) is 54.9 Å². The molecule has 29 heavy (non-hydrogen) atoms. The molecule has 0 saturated carbocycles. The number of fused-ring (bicyclic) bond motifs is 2. The molecule has 2 aromatic carbocycles. The number of thiazole rings is 1. The van der Waals surface area contributed by atoms with Gasteiger partial charge in [-0.1, -0.05) is 29.8 Å². The zero-order valence-electron chi connectivity index (χ0n) is 15.4. The normalized spacial score (nSPS) is 12.9. The van der Waals surface area contributed by atoms with Crippen molar-refractivity contribution in [3.8, 4) is 22.8 Å². The number of benzene rings is 2. The molecule has 8 heteroatoms. The number of amides is 1. The zero-order valence-corrected chi connectivity index (χ0v) is 17.0. The van der Waals surface area contributed by atoms with Crippen LogP contribution in [-0.4, -0.2) is 28.7 Å². The van der Waals surface area contributed by atoms with Crippen LogP contribution in [0.3, 0.4) is 0 Å². The van der Waals surface area contributed by atoms with Crippen LogP contribution in [0.4, 0.5) is 5.13 Å². The summed E-state index contributed by atoms with van der Waals surface area (Å²) in [4.78, 5) is 17.4. The Morgan fingerprint density at radius 2 is 1.97 bits per heavy atom. The van der Waals surface area contributed by atoms with Crippen molar-refractivity contribution in [2.45, 2.75) is 0 Å². The van der Waals surface area contributed by atoms with Gasteiger partial charge in [-0.3, -0.25) is 10.1 Å². The molecule has 0 radical (unpaired) electrons. The molecule has 1 N–H and O–H groups in total. The highest BCUT2D eigenvalue weighted by Crippen LogP contribution is 2.36. The first-order chi connectivity index (χ1) is 14.1. The van der Waals surface area contributed by atoms with Gasteiger partial charge in [0, 0.05) is 28.9 Å². The molecule has 0 bridgehead atoms. The number of nitrogens with one attached hydrogen (secondary N) is 1. The Labute approximate surface area is 175 Å². The van der Waals surface area contributed by atoms with E-state index in [1.165, 1.54) is 11.3 Å². The van der Waals surface area contributed by atoms with Gasteiger partial charge >= 0.3 is 0 Å². The van der Waals surface area contributed by atoms with Crippen molar-refractivity contribution in [2.75, 3.05) is 18.5 Å². The summed E-state index contributed by atoms with van der Waals surface area (Å²) in [5.41, 5.74) is 2.96. The van der Waals surface area contributed by atoms with Crippen molar-refractivity contribution in [2.24, 2.45) is 7.05 Å². The summed E-state index contributed by atoms with van der Waals surface area (Å²) in [6.07, 6.45) is 0. The SMILES string of the molecule is Cn1c(C(=O)Nc2nc(-c3ccc4c(c3)OCCO4)cs2)c(Cl)c2ccccc21. The average Bonchev–Trinajstić information content (AvgIpc) is 3.31. The van der Waals surface area contributed by atoms with Crippen LogP contribution in [0, 0.1) is 0 Å². The summed E-state index contributed by atoms with van der Waals surface area (Å²) < 4.78 is 13.0. The minimum atomic E-state index is -0.295. The predicted octanol–water partition coefficient (Wildman–Crippen LogP) is 4.98. The summed E-state index contributed by atoms with van der Waals surface area (Å²) in [6, 6.07) is 13.3. The molecule has 2 aromatic heterocycles. The van der Waals surface area contributed by atoms with E-state index in [-0.39, 0.29) is 5.91 Å². The van der Waals surface area contributed by atoms with Gasteiger partial charge in [-0.15, -0.1) is 11.3 Å². The number of rotatable bonds is 3. The second-order valence-corrected chi connectivity index (χ2v) is 7.83. The monoisotopic (exact) mass is 425 g/mol. The largest absolute Gasteiger partial charge is 0.486 e. The zero-order chi connectivity index (χ0) is 20.0. The summed E-state index contributed by atoms with van der Waals surface area (Å²) in [7, 11) is 1.82. The number of carbonyl (C=O) groups is 1. The number of aryl methyl sites for hydroxylation is 1. The van der Waals surface area contributed by atoms with Gasteiger partial charge in [-0.25, -0.2) is 4.98 Å². The Kier molecular flexibility index (Phi) is 4.41. The molecule has 4 aromatic rings. The minimum Gasteiger partial charge on any atom is -0.486 e. The van der Waals surface area contributed by atoms with Crippen LogP contribution >= 0.6 is 22.9 Å². The number of halogens is 1. The lowest BCUT2D eigenvalue weighted by Crippen LogP contribution is -2.16. The maximum Gasteiger partial charge on any atom is 0.275 e. The van der Waals surface area contributed by atoms with Crippen molar-refractivity contribution in [3.05, 3.63) is 58.6 Å². The van der Waals surface area contributed by atoms with E-state index in [0.29, 0.717) is 34.8 Å². The molecule has 6 nitrogen and oxygen atoms in total. The number of ether oxygens (including phenoxy) is 2. The Morgan fingerprint density at radius 1 is 1.17 bits per heavy atom. The fraction of sp³-hybridized carbons (Fsp3) is 0.143. The number of carbonyl (C=O) groups excluding carboxylic acids is 1. The van der Waals surface area contributed by atoms with E-state index in [0.717, 1.165) is 27.9 Å². The molecule has 1 aliphatic heterocycles. The highest BCUT2D eigenvalue weighted by atomic mass is 35.5. The van der Waals surface area contributed by atoms with E-state index in [1.54, 1.807) is 4.57 Å². The first-order valence-corrected chi connectivity index (χ1v) is 10.3. The molecular formula is C21H16ClN3O3S. The molecule has 1 amide bonds. The highest BCUT2D eigenvalue weighted by Gasteiger charge is 2.21. The molecular weight excluding hydrogens is 410 g/mol. The van der Waals surface area contributed by atoms with E-state index in [9.17, 15) is 4.79 Å². The quantitative estimate of drug-likeness (QED) is 0.502. The van der Waals surface area contributed by atoms with Crippen LogP contribution in [0.25, 0.3) is 22.2 Å². The molecule has 0 saturated heterocycles. The van der Waals surface area contributed by atoms with Crippen molar-refractivity contribution in [1.29, 1.82) is 0 Å². The smallest absolute Gasteiger partial charge is 0.275 e. The van der Waals surface area contributed by atoms with Gasteiger partial charge in [0.1, 0.15) is 18.9 Å². The van der Waals surface area contributed by atoms with E-state index in [4.69, 9.17) is 21.1 Å². The van der Waals surface area contributed by atoms with Crippen LogP contribution < -0.4 is 14.8 Å². The first-order valence-electron chi connectivity index (χ1n) is 9.01. The Morgan fingerprint density at radius 3 is 2.79 bits per heavy atom. The summed E-state index contributed by atoms with van der Waals surface area (Å²) in [6.45, 7) is 1.08. The third kappa shape index (κ3) is 3.12. The van der Waals surface area contributed by atoms with Crippen molar-refractivity contribution in [3.63, 3.8) is 0 Å². The lowest BCUT2D eigenvalue weighted by molar-refractivity contribution is 0.102. The highest BCUT2D eigenvalue weighted by molar-refractivity contribution is 7.14. The number of hydrogen-bond donors (Lipinski definition) is 1. The molecule has 0 unspecified atom stereocenters. The fourth-order valence-electron chi connectivity index (χ4n) is 3.42. The number of anilines is 1. The van der Waals surface area contributed by atoms with Gasteiger partial charge in [0.2, 0.25) is 0 Å². The van der Waals surface area contributed by atoms with Gasteiger partial charge < -0.3 is 14.0 Å². The average molecular weight is 426 g/mol. The minimum absolute atomic E-state index is 0.295. The molecule has 0 atom stereocenters. The van der Waals surface area contributed by atoms with Crippen molar-refractivity contribution in [1.82, 2.24) is 9.55 Å².